The van der Waals surface area contributed by atoms with Gasteiger partial charge in [-0.3, -0.25) is 14.6 Å². The first-order valence-electron chi connectivity index (χ1n) is 9.20. The molecule has 0 spiro atoms. The number of aryl methyl sites for hydroxylation is 1. The van der Waals surface area contributed by atoms with Crippen LogP contribution in [0, 0.1) is 0 Å². The quantitative estimate of drug-likeness (QED) is 0.726. The minimum absolute atomic E-state index is 0.220. The summed E-state index contributed by atoms with van der Waals surface area (Å²) in [5.74, 6) is 0.0159. The molecule has 4 rings (SSSR count). The highest BCUT2D eigenvalue weighted by Crippen LogP contribution is 2.21. The highest BCUT2D eigenvalue weighted by molar-refractivity contribution is 7.17. The number of benzene rings is 1. The fraction of sp³-hybridized carbons (Fsp3) is 0.286. The molecule has 1 aliphatic heterocycles. The van der Waals surface area contributed by atoms with E-state index in [4.69, 9.17) is 0 Å². The minimum atomic E-state index is -0.220. The molecule has 3 heterocycles. The Labute approximate surface area is 162 Å². The summed E-state index contributed by atoms with van der Waals surface area (Å²) < 4.78 is 1.05. The van der Waals surface area contributed by atoms with Crippen LogP contribution in [0.1, 0.15) is 35.3 Å². The van der Waals surface area contributed by atoms with E-state index in [0.717, 1.165) is 53.7 Å². The first-order chi connectivity index (χ1) is 13.2. The maximum absolute atomic E-state index is 12.4. The molecule has 3 aromatic rings. The van der Waals surface area contributed by atoms with Gasteiger partial charge < -0.3 is 10.2 Å². The summed E-state index contributed by atoms with van der Waals surface area (Å²) in [6.45, 7) is 1.80. The summed E-state index contributed by atoms with van der Waals surface area (Å²) in [7, 11) is 0. The van der Waals surface area contributed by atoms with Crippen molar-refractivity contribution in [1.82, 2.24) is 9.88 Å². The third-order valence-electron chi connectivity index (χ3n) is 4.87. The number of fused-ring (bicyclic) bond motifs is 1. The van der Waals surface area contributed by atoms with Crippen LogP contribution >= 0.6 is 11.3 Å². The summed E-state index contributed by atoms with van der Waals surface area (Å²) >= 11 is 1.59. The predicted octanol–water partition coefficient (Wildman–Crippen LogP) is 4.10. The van der Waals surface area contributed by atoms with Gasteiger partial charge in [0.25, 0.3) is 5.91 Å². The molecule has 1 N–H and O–H groups in total. The van der Waals surface area contributed by atoms with Gasteiger partial charge in [0.2, 0.25) is 5.91 Å². The molecule has 0 radical (unpaired) electrons. The normalized spacial score (nSPS) is 13.9. The van der Waals surface area contributed by atoms with Gasteiger partial charge in [-0.25, -0.2) is 0 Å². The maximum atomic E-state index is 12.4. The van der Waals surface area contributed by atoms with Crippen molar-refractivity contribution in [2.24, 2.45) is 0 Å². The van der Waals surface area contributed by atoms with Crippen LogP contribution in [0.4, 0.5) is 5.69 Å². The fourth-order valence-electron chi connectivity index (χ4n) is 3.31. The number of amides is 2. The molecule has 5 nitrogen and oxygen atoms in total. The molecular weight excluding hydrogens is 358 g/mol. The number of carbonyl (C=O) groups is 2. The number of thiophene rings is 1. The van der Waals surface area contributed by atoms with Gasteiger partial charge in [0, 0.05) is 41.5 Å². The van der Waals surface area contributed by atoms with Crippen molar-refractivity contribution in [3.05, 3.63) is 59.2 Å². The van der Waals surface area contributed by atoms with Gasteiger partial charge in [-0.15, -0.1) is 11.3 Å². The topological polar surface area (TPSA) is 62.3 Å². The molecular formula is C21H21N3O2S. The smallest absolute Gasteiger partial charge is 0.274 e. The number of hydrogen-bond donors (Lipinski definition) is 1. The van der Waals surface area contributed by atoms with Gasteiger partial charge in [-0.1, -0.05) is 12.1 Å². The Morgan fingerprint density at radius 2 is 1.89 bits per heavy atom. The third-order valence-corrected chi connectivity index (χ3v) is 5.75. The van der Waals surface area contributed by atoms with Crippen LogP contribution in [-0.4, -0.2) is 34.8 Å². The van der Waals surface area contributed by atoms with Crippen LogP contribution in [-0.2, 0) is 11.2 Å². The lowest BCUT2D eigenvalue weighted by Gasteiger charge is -2.15. The molecule has 0 saturated carbocycles. The molecule has 1 saturated heterocycles. The Morgan fingerprint density at radius 3 is 2.67 bits per heavy atom. The molecule has 6 heteroatoms. The molecule has 2 aromatic heterocycles. The predicted molar refractivity (Wildman–Crippen MR) is 108 cm³/mol. The number of pyridine rings is 1. The average Bonchev–Trinajstić information content (AvgIpc) is 3.38. The number of carbonyl (C=O) groups excluding carboxylic acids is 2. The van der Waals surface area contributed by atoms with Crippen molar-refractivity contribution in [3.63, 3.8) is 0 Å². The van der Waals surface area contributed by atoms with Crippen molar-refractivity contribution in [1.29, 1.82) is 0 Å². The second-order valence-electron chi connectivity index (χ2n) is 6.77. The maximum Gasteiger partial charge on any atom is 0.274 e. The van der Waals surface area contributed by atoms with E-state index in [2.05, 4.69) is 10.3 Å². The number of rotatable bonds is 5. The van der Waals surface area contributed by atoms with E-state index in [1.54, 1.807) is 17.5 Å². The van der Waals surface area contributed by atoms with E-state index in [1.807, 2.05) is 46.7 Å². The van der Waals surface area contributed by atoms with E-state index in [1.165, 1.54) is 0 Å². The Morgan fingerprint density at radius 1 is 1.11 bits per heavy atom. The molecule has 1 fully saturated rings. The second kappa shape index (κ2) is 7.88. The molecule has 27 heavy (non-hydrogen) atoms. The van der Waals surface area contributed by atoms with Crippen molar-refractivity contribution in [2.75, 3.05) is 18.4 Å². The summed E-state index contributed by atoms with van der Waals surface area (Å²) in [4.78, 5) is 30.7. The third kappa shape index (κ3) is 4.17. The molecule has 1 aliphatic rings. The summed E-state index contributed by atoms with van der Waals surface area (Å²) in [5, 5.41) is 5.91. The van der Waals surface area contributed by atoms with E-state index < -0.39 is 0 Å². The van der Waals surface area contributed by atoms with Crippen LogP contribution in [0.25, 0.3) is 10.1 Å². The van der Waals surface area contributed by atoms with Crippen molar-refractivity contribution in [3.8, 4) is 0 Å². The zero-order valence-electron chi connectivity index (χ0n) is 15.0. The Bertz CT molecular complexity index is 959. The lowest BCUT2D eigenvalue weighted by atomic mass is 10.1. The Hall–Kier alpha value is -2.73. The van der Waals surface area contributed by atoms with Crippen LogP contribution in [0.2, 0.25) is 0 Å². The van der Waals surface area contributed by atoms with Crippen molar-refractivity contribution >= 4 is 38.9 Å². The Balaban J connectivity index is 1.34. The fourth-order valence-corrected chi connectivity index (χ4v) is 4.10. The zero-order valence-corrected chi connectivity index (χ0v) is 15.8. The first-order valence-corrected chi connectivity index (χ1v) is 10.1. The SMILES string of the molecule is O=C(Nc1ccc(CCC(=O)N2CCCC2)cc1)c1cc2sccc2cn1. The standard InChI is InChI=1S/C21H21N3O2S/c25-20(24-10-1-2-11-24)8-5-15-3-6-17(7-4-15)23-21(26)18-13-19-16(14-22-18)9-12-27-19/h3-4,6-7,9,12-14H,1-2,5,8,10-11H2,(H,23,26). The number of nitrogens with one attached hydrogen (secondary N) is 1. The van der Waals surface area contributed by atoms with Crippen LogP contribution in [0.15, 0.2) is 48.0 Å². The molecule has 2 amide bonds. The van der Waals surface area contributed by atoms with Gasteiger partial charge in [0.1, 0.15) is 5.69 Å². The van der Waals surface area contributed by atoms with E-state index in [-0.39, 0.29) is 11.8 Å². The summed E-state index contributed by atoms with van der Waals surface area (Å²) in [6.07, 6.45) is 5.22. The van der Waals surface area contributed by atoms with Crippen LogP contribution in [0.5, 0.6) is 0 Å². The number of anilines is 1. The summed E-state index contributed by atoms with van der Waals surface area (Å²) in [6, 6.07) is 11.5. The van der Waals surface area contributed by atoms with E-state index in [9.17, 15) is 9.59 Å². The van der Waals surface area contributed by atoms with Gasteiger partial charge in [0.15, 0.2) is 0 Å². The average molecular weight is 379 g/mol. The van der Waals surface area contributed by atoms with Crippen LogP contribution in [0.3, 0.4) is 0 Å². The molecule has 0 atom stereocenters. The molecule has 1 aromatic carbocycles. The number of aromatic nitrogens is 1. The zero-order chi connectivity index (χ0) is 18.6. The molecule has 0 bridgehead atoms. The highest BCUT2D eigenvalue weighted by atomic mass is 32.1. The van der Waals surface area contributed by atoms with Gasteiger partial charge in [-0.05, 0) is 54.5 Å². The second-order valence-corrected chi connectivity index (χ2v) is 7.71. The monoisotopic (exact) mass is 379 g/mol. The van der Waals surface area contributed by atoms with Crippen molar-refractivity contribution in [2.45, 2.75) is 25.7 Å². The lowest BCUT2D eigenvalue weighted by Crippen LogP contribution is -2.27. The van der Waals surface area contributed by atoms with Crippen LogP contribution < -0.4 is 5.32 Å². The van der Waals surface area contributed by atoms with E-state index >= 15 is 0 Å². The molecule has 138 valence electrons. The molecule has 0 aliphatic carbocycles. The number of likely N-dealkylation sites (tertiary alicyclic amines) is 1. The number of nitrogens with zero attached hydrogens (tertiary/aromatic N) is 2. The number of hydrogen-bond acceptors (Lipinski definition) is 4. The lowest BCUT2D eigenvalue weighted by molar-refractivity contribution is -0.130. The largest absolute Gasteiger partial charge is 0.343 e. The summed E-state index contributed by atoms with van der Waals surface area (Å²) in [5.41, 5.74) is 2.23. The Kier molecular flexibility index (Phi) is 5.16. The van der Waals surface area contributed by atoms with Crippen molar-refractivity contribution < 1.29 is 9.59 Å². The molecule has 0 unspecified atom stereocenters. The minimum Gasteiger partial charge on any atom is -0.343 e. The van der Waals surface area contributed by atoms with Gasteiger partial charge in [0.05, 0.1) is 0 Å². The first kappa shape index (κ1) is 17.7. The van der Waals surface area contributed by atoms with Gasteiger partial charge in [-0.2, -0.15) is 0 Å². The van der Waals surface area contributed by atoms with E-state index in [0.29, 0.717) is 12.1 Å². The highest BCUT2D eigenvalue weighted by Gasteiger charge is 2.17. The van der Waals surface area contributed by atoms with Gasteiger partial charge >= 0.3 is 0 Å².